The van der Waals surface area contributed by atoms with E-state index in [1.807, 2.05) is 22.7 Å². The Kier molecular flexibility index (Phi) is 4.25. The molecule has 1 spiro atoms. The summed E-state index contributed by atoms with van der Waals surface area (Å²) < 4.78 is 7.89. The maximum absolute atomic E-state index is 2.47. The van der Waals surface area contributed by atoms with Crippen molar-refractivity contribution in [2.45, 2.75) is 5.41 Å². The molecule has 0 N–H and O–H groups in total. The summed E-state index contributed by atoms with van der Waals surface area (Å²) in [5.74, 6) is 0. The van der Waals surface area contributed by atoms with Gasteiger partial charge in [0, 0.05) is 56.8 Å². The van der Waals surface area contributed by atoms with E-state index >= 15 is 0 Å². The first-order chi connectivity index (χ1) is 22.8. The molecule has 0 amide bonds. The van der Waals surface area contributed by atoms with Crippen molar-refractivity contribution >= 4 is 84.8 Å². The van der Waals surface area contributed by atoms with Crippen LogP contribution in [0.5, 0.6) is 0 Å². The first-order valence-corrected chi connectivity index (χ1v) is 17.5. The average Bonchev–Trinajstić information content (AvgIpc) is 3.85. The fourth-order valence-electron chi connectivity index (χ4n) is 9.27. The lowest BCUT2D eigenvalue weighted by atomic mass is 9.65. The smallest absolute Gasteiger partial charge is 0.0728 e. The Morgan fingerprint density at radius 2 is 0.761 bits per heavy atom. The lowest BCUT2D eigenvalue weighted by Crippen LogP contribution is -2.29. The second-order valence-corrected chi connectivity index (χ2v) is 14.9. The Hall–Kier alpha value is -5.22. The largest absolute Gasteiger partial charge is 0.309 e. The van der Waals surface area contributed by atoms with E-state index in [1.54, 1.807) is 0 Å². The van der Waals surface area contributed by atoms with Crippen LogP contribution in [0.1, 0.15) is 22.3 Å². The van der Waals surface area contributed by atoms with Crippen molar-refractivity contribution in [3.8, 4) is 16.8 Å². The van der Waals surface area contributed by atoms with Gasteiger partial charge in [-0.25, -0.2) is 0 Å². The van der Waals surface area contributed by atoms with Crippen molar-refractivity contribution in [1.29, 1.82) is 0 Å². The highest BCUT2D eigenvalue weighted by Crippen LogP contribution is 2.62. The molecule has 10 aromatic rings. The van der Waals surface area contributed by atoms with Gasteiger partial charge < -0.3 is 4.57 Å². The van der Waals surface area contributed by atoms with Gasteiger partial charge in [-0.3, -0.25) is 0 Å². The monoisotopic (exact) mass is 617 g/mol. The molecule has 2 aliphatic rings. The van der Waals surface area contributed by atoms with Gasteiger partial charge in [0.1, 0.15) is 0 Å². The number of hydrogen-bond donors (Lipinski definition) is 0. The van der Waals surface area contributed by atoms with E-state index in [0.29, 0.717) is 0 Å². The highest BCUT2D eigenvalue weighted by molar-refractivity contribution is 7.26. The Bertz CT molecular complexity index is 2790. The van der Waals surface area contributed by atoms with Crippen molar-refractivity contribution in [1.82, 2.24) is 4.57 Å². The number of fused-ring (bicyclic) bond motifs is 5. The van der Waals surface area contributed by atoms with E-state index in [0.717, 1.165) is 0 Å². The summed E-state index contributed by atoms with van der Waals surface area (Å²) in [5.41, 5.74) is 11.5. The highest BCUT2D eigenvalue weighted by atomic mass is 32.1. The van der Waals surface area contributed by atoms with Crippen LogP contribution in [0.2, 0.25) is 0 Å². The van der Waals surface area contributed by atoms with Gasteiger partial charge in [0.25, 0.3) is 0 Å². The number of hydrogen-bond acceptors (Lipinski definition) is 2. The third-order valence-corrected chi connectivity index (χ3v) is 13.0. The third kappa shape index (κ3) is 2.57. The lowest BCUT2D eigenvalue weighted by Gasteiger charge is -2.36. The molecule has 0 saturated heterocycles. The van der Waals surface area contributed by atoms with Crippen LogP contribution >= 0.6 is 22.7 Å². The highest BCUT2D eigenvalue weighted by Gasteiger charge is 2.49. The molecule has 1 nitrogen and oxygen atoms in total. The Labute approximate surface area is 272 Å². The number of aromatic nitrogens is 1. The standard InChI is InChI=1S/C43H23NS2/c1-2-10-24(11-3-1)44-31-18-6-14-27-39(31)40-28(15-7-19-32(40)44)43(27)29-16-8-22-35-41(29)37-25(12-4-20-33(37)45-35)26-13-5-21-34-38(26)42-30(43)17-9-23-36(42)46-34/h1-23H. The summed E-state index contributed by atoms with van der Waals surface area (Å²) in [6.45, 7) is 0. The SMILES string of the molecule is c1ccc(-n2c3cccc4c3c3c(cccc32)C42c3cccc4sc5cccc(c5c34)-c3cccc4sc5cccc2c5c34)cc1. The average molecular weight is 618 g/mol. The third-order valence-electron chi connectivity index (χ3n) is 10.8. The summed E-state index contributed by atoms with van der Waals surface area (Å²) in [7, 11) is 0. The van der Waals surface area contributed by atoms with Crippen molar-refractivity contribution in [2.75, 3.05) is 0 Å². The minimum Gasteiger partial charge on any atom is -0.309 e. The molecule has 46 heavy (non-hydrogen) atoms. The van der Waals surface area contributed by atoms with Crippen molar-refractivity contribution < 1.29 is 0 Å². The summed E-state index contributed by atoms with van der Waals surface area (Å²) in [6.07, 6.45) is 0. The molecule has 0 unspecified atom stereocenters. The summed E-state index contributed by atoms with van der Waals surface area (Å²) in [6, 6.07) is 53.0. The maximum Gasteiger partial charge on any atom is 0.0728 e. The molecule has 2 aliphatic carbocycles. The van der Waals surface area contributed by atoms with Crippen LogP contribution in [0.25, 0.3) is 79.0 Å². The zero-order valence-corrected chi connectivity index (χ0v) is 26.2. The van der Waals surface area contributed by atoms with Gasteiger partial charge in [-0.1, -0.05) is 91.0 Å². The van der Waals surface area contributed by atoms with Crippen molar-refractivity contribution in [2.24, 2.45) is 0 Å². The Balaban J connectivity index is 1.40. The molecule has 0 aliphatic heterocycles. The predicted octanol–water partition coefficient (Wildman–Crippen LogP) is 12.2. The zero-order valence-electron chi connectivity index (χ0n) is 24.5. The molecule has 0 bridgehead atoms. The summed E-state index contributed by atoms with van der Waals surface area (Å²) >= 11 is 3.86. The molecule has 3 heterocycles. The van der Waals surface area contributed by atoms with E-state index in [9.17, 15) is 0 Å². The van der Waals surface area contributed by atoms with E-state index in [1.165, 1.54) is 101 Å². The molecule has 3 aromatic heterocycles. The molecule has 7 aromatic carbocycles. The number of nitrogens with zero attached hydrogens (tertiary/aromatic N) is 1. The van der Waals surface area contributed by atoms with Gasteiger partial charge in [0.05, 0.1) is 16.4 Å². The van der Waals surface area contributed by atoms with E-state index in [4.69, 9.17) is 0 Å². The fraction of sp³-hybridized carbons (Fsp3) is 0.0233. The fourth-order valence-corrected chi connectivity index (χ4v) is 11.6. The van der Waals surface area contributed by atoms with Crippen LogP contribution in [0.3, 0.4) is 0 Å². The van der Waals surface area contributed by atoms with Gasteiger partial charge in [0.2, 0.25) is 0 Å². The van der Waals surface area contributed by atoms with Crippen LogP contribution in [0, 0.1) is 0 Å². The van der Waals surface area contributed by atoms with Crippen molar-refractivity contribution in [3.63, 3.8) is 0 Å². The van der Waals surface area contributed by atoms with Crippen LogP contribution in [0.4, 0.5) is 0 Å². The topological polar surface area (TPSA) is 4.93 Å². The number of benzene rings is 7. The minimum atomic E-state index is -0.481. The molecular formula is C43H23NS2. The second-order valence-electron chi connectivity index (χ2n) is 12.7. The molecule has 0 saturated carbocycles. The quantitative estimate of drug-likeness (QED) is 0.173. The van der Waals surface area contributed by atoms with Gasteiger partial charge in [-0.2, -0.15) is 0 Å². The first kappa shape index (κ1) is 24.1. The number of para-hydroxylation sites is 1. The van der Waals surface area contributed by atoms with Crippen LogP contribution in [-0.2, 0) is 5.41 Å². The Morgan fingerprint density at radius 3 is 1.26 bits per heavy atom. The van der Waals surface area contributed by atoms with Gasteiger partial charge in [0.15, 0.2) is 0 Å². The molecule has 212 valence electrons. The van der Waals surface area contributed by atoms with Crippen LogP contribution in [-0.4, -0.2) is 4.57 Å². The van der Waals surface area contributed by atoms with Crippen LogP contribution < -0.4 is 0 Å². The van der Waals surface area contributed by atoms with Crippen molar-refractivity contribution in [3.05, 3.63) is 162 Å². The molecule has 3 heteroatoms. The zero-order chi connectivity index (χ0) is 29.7. The predicted molar refractivity (Wildman–Crippen MR) is 197 cm³/mol. The first-order valence-electron chi connectivity index (χ1n) is 15.9. The molecule has 12 rings (SSSR count). The number of thiophene rings is 2. The van der Waals surface area contributed by atoms with Gasteiger partial charge in [-0.15, -0.1) is 22.7 Å². The van der Waals surface area contributed by atoms with E-state index in [2.05, 4.69) is 144 Å². The van der Waals surface area contributed by atoms with Gasteiger partial charge >= 0.3 is 0 Å². The van der Waals surface area contributed by atoms with E-state index in [-0.39, 0.29) is 0 Å². The second kappa shape index (κ2) is 8.13. The van der Waals surface area contributed by atoms with Gasteiger partial charge in [-0.05, 0) is 81.9 Å². The normalized spacial score (nSPS) is 14.3. The lowest BCUT2D eigenvalue weighted by molar-refractivity contribution is 0.788. The Morgan fingerprint density at radius 1 is 0.348 bits per heavy atom. The van der Waals surface area contributed by atoms with E-state index < -0.39 is 5.41 Å². The minimum absolute atomic E-state index is 0.481. The number of rotatable bonds is 1. The van der Waals surface area contributed by atoms with Crippen LogP contribution in [0.15, 0.2) is 140 Å². The maximum atomic E-state index is 2.47. The summed E-state index contributed by atoms with van der Waals surface area (Å²) in [4.78, 5) is 0. The molecule has 0 radical (unpaired) electrons. The molecular weight excluding hydrogens is 595 g/mol. The molecule has 0 atom stereocenters. The summed E-state index contributed by atoms with van der Waals surface area (Å²) in [5, 5.41) is 8.34. The molecule has 0 fully saturated rings.